The zero-order valence-corrected chi connectivity index (χ0v) is 22.1. The van der Waals surface area contributed by atoms with Gasteiger partial charge in [-0.15, -0.1) is 11.8 Å². The van der Waals surface area contributed by atoms with E-state index in [1.54, 1.807) is 0 Å². The Balaban J connectivity index is 1.35. The van der Waals surface area contributed by atoms with Crippen LogP contribution in [0.1, 0.15) is 53.7 Å². The van der Waals surface area contributed by atoms with Crippen LogP contribution in [0, 0.1) is 13.8 Å². The SMILES string of the molecule is CCSCCCOc1cc(C)c(-c2cccc3c2CCC3Oc2ccc3c(c2)SCC3)c(C)c1. The maximum absolute atomic E-state index is 6.53. The highest BCUT2D eigenvalue weighted by Crippen LogP contribution is 2.43. The molecule has 0 spiro atoms. The van der Waals surface area contributed by atoms with Crippen LogP contribution in [0.2, 0.25) is 0 Å². The van der Waals surface area contributed by atoms with Gasteiger partial charge in [-0.2, -0.15) is 11.8 Å². The van der Waals surface area contributed by atoms with E-state index in [2.05, 4.69) is 69.3 Å². The van der Waals surface area contributed by atoms with Gasteiger partial charge in [-0.05, 0) is 114 Å². The molecule has 0 saturated heterocycles. The van der Waals surface area contributed by atoms with Gasteiger partial charge in [0.1, 0.15) is 17.6 Å². The minimum Gasteiger partial charge on any atom is -0.494 e. The number of rotatable bonds is 9. The average molecular weight is 491 g/mol. The topological polar surface area (TPSA) is 18.5 Å². The first kappa shape index (κ1) is 23.7. The molecule has 1 atom stereocenters. The van der Waals surface area contributed by atoms with Crippen LogP contribution in [0.5, 0.6) is 11.5 Å². The van der Waals surface area contributed by atoms with Crippen molar-refractivity contribution in [1.82, 2.24) is 0 Å². The second-order valence-corrected chi connectivity index (χ2v) is 11.7. The average Bonchev–Trinajstić information content (AvgIpc) is 3.46. The van der Waals surface area contributed by atoms with Gasteiger partial charge in [-0.1, -0.05) is 31.2 Å². The van der Waals surface area contributed by atoms with Crippen molar-refractivity contribution in [2.75, 3.05) is 23.9 Å². The lowest BCUT2D eigenvalue weighted by Gasteiger charge is -2.18. The standard InChI is InChI=1S/C30H34O2S2/c1-4-33-15-6-14-31-24-17-20(2)30(21(3)18-24)27-8-5-7-26-25(27)11-12-28(26)32-23-10-9-22-13-16-34-29(22)19-23/h5,7-10,17-19,28H,4,6,11-16H2,1-3H3. The summed E-state index contributed by atoms with van der Waals surface area (Å²) in [5.41, 5.74) is 9.52. The third-order valence-corrected chi connectivity index (χ3v) is 8.93. The van der Waals surface area contributed by atoms with E-state index in [-0.39, 0.29) is 6.10 Å². The molecule has 0 fully saturated rings. The number of hydrogen-bond acceptors (Lipinski definition) is 4. The van der Waals surface area contributed by atoms with E-state index in [1.165, 1.54) is 61.8 Å². The van der Waals surface area contributed by atoms with Crippen molar-refractivity contribution in [3.63, 3.8) is 0 Å². The summed E-state index contributed by atoms with van der Waals surface area (Å²) in [5, 5.41) is 0. The lowest BCUT2D eigenvalue weighted by Crippen LogP contribution is -2.04. The van der Waals surface area contributed by atoms with E-state index < -0.39 is 0 Å². The van der Waals surface area contributed by atoms with Gasteiger partial charge >= 0.3 is 0 Å². The van der Waals surface area contributed by atoms with Gasteiger partial charge in [-0.3, -0.25) is 0 Å². The molecule has 2 nitrogen and oxygen atoms in total. The first-order chi connectivity index (χ1) is 16.6. The Morgan fingerprint density at radius 1 is 1.00 bits per heavy atom. The quantitative estimate of drug-likeness (QED) is 0.281. The zero-order chi connectivity index (χ0) is 23.5. The number of ether oxygens (including phenoxy) is 2. The molecule has 0 bridgehead atoms. The number of aryl methyl sites for hydroxylation is 3. The monoisotopic (exact) mass is 490 g/mol. The fourth-order valence-corrected chi connectivity index (χ4v) is 6.99. The lowest BCUT2D eigenvalue weighted by atomic mass is 9.90. The van der Waals surface area contributed by atoms with Gasteiger partial charge in [0, 0.05) is 10.6 Å². The van der Waals surface area contributed by atoms with Crippen molar-refractivity contribution < 1.29 is 9.47 Å². The fraction of sp³-hybridized carbons (Fsp3) is 0.400. The highest BCUT2D eigenvalue weighted by atomic mass is 32.2. The van der Waals surface area contributed by atoms with Crippen LogP contribution in [0.25, 0.3) is 11.1 Å². The van der Waals surface area contributed by atoms with E-state index in [1.807, 2.05) is 23.5 Å². The molecule has 2 aliphatic rings. The molecule has 3 aromatic rings. The predicted octanol–water partition coefficient (Wildman–Crippen LogP) is 8.21. The summed E-state index contributed by atoms with van der Waals surface area (Å²) in [4.78, 5) is 1.39. The van der Waals surface area contributed by atoms with Gasteiger partial charge in [-0.25, -0.2) is 0 Å². The number of benzene rings is 3. The molecular weight excluding hydrogens is 456 g/mol. The maximum atomic E-state index is 6.53. The summed E-state index contributed by atoms with van der Waals surface area (Å²) in [6.07, 6.45) is 4.49. The van der Waals surface area contributed by atoms with Crippen LogP contribution in [-0.4, -0.2) is 23.9 Å². The maximum Gasteiger partial charge on any atom is 0.124 e. The molecule has 1 aliphatic carbocycles. The van der Waals surface area contributed by atoms with Crippen LogP contribution in [0.3, 0.4) is 0 Å². The molecule has 0 radical (unpaired) electrons. The van der Waals surface area contributed by atoms with E-state index in [0.29, 0.717) is 0 Å². The van der Waals surface area contributed by atoms with E-state index in [0.717, 1.165) is 43.1 Å². The van der Waals surface area contributed by atoms with Crippen LogP contribution in [-0.2, 0) is 12.8 Å². The normalized spacial score (nSPS) is 16.4. The van der Waals surface area contributed by atoms with Crippen molar-refractivity contribution in [3.8, 4) is 22.6 Å². The molecule has 3 aromatic carbocycles. The Morgan fingerprint density at radius 2 is 1.85 bits per heavy atom. The molecule has 1 heterocycles. The van der Waals surface area contributed by atoms with Crippen molar-refractivity contribution in [3.05, 3.63) is 76.3 Å². The molecule has 1 aliphatic heterocycles. The molecule has 0 saturated carbocycles. The third-order valence-electron chi connectivity index (χ3n) is 6.84. The van der Waals surface area contributed by atoms with Gasteiger partial charge < -0.3 is 9.47 Å². The molecule has 4 heteroatoms. The van der Waals surface area contributed by atoms with Gasteiger partial charge in [0.15, 0.2) is 0 Å². The van der Waals surface area contributed by atoms with Gasteiger partial charge in [0.2, 0.25) is 0 Å². The minimum atomic E-state index is 0.128. The summed E-state index contributed by atoms with van der Waals surface area (Å²) < 4.78 is 12.6. The minimum absolute atomic E-state index is 0.128. The Bertz CT molecular complexity index is 1150. The van der Waals surface area contributed by atoms with Crippen molar-refractivity contribution >= 4 is 23.5 Å². The first-order valence-electron chi connectivity index (χ1n) is 12.5. The Labute approximate surface area is 212 Å². The summed E-state index contributed by atoms with van der Waals surface area (Å²) in [6, 6.07) is 17.8. The Hall–Kier alpha value is -2.04. The largest absolute Gasteiger partial charge is 0.494 e. The molecule has 34 heavy (non-hydrogen) atoms. The lowest BCUT2D eigenvalue weighted by molar-refractivity contribution is 0.207. The zero-order valence-electron chi connectivity index (χ0n) is 20.5. The van der Waals surface area contributed by atoms with Crippen LogP contribution < -0.4 is 9.47 Å². The Morgan fingerprint density at radius 3 is 2.68 bits per heavy atom. The van der Waals surface area contributed by atoms with E-state index >= 15 is 0 Å². The highest BCUT2D eigenvalue weighted by Gasteiger charge is 2.28. The summed E-state index contributed by atoms with van der Waals surface area (Å²) in [6.45, 7) is 7.42. The number of hydrogen-bond donors (Lipinski definition) is 0. The molecular formula is C30H34O2S2. The fourth-order valence-electron chi connectivity index (χ4n) is 5.28. The predicted molar refractivity (Wildman–Crippen MR) is 147 cm³/mol. The summed E-state index contributed by atoms with van der Waals surface area (Å²) in [7, 11) is 0. The Kier molecular flexibility index (Phi) is 7.46. The van der Waals surface area contributed by atoms with Crippen molar-refractivity contribution in [1.29, 1.82) is 0 Å². The van der Waals surface area contributed by atoms with Crippen LogP contribution in [0.15, 0.2) is 53.4 Å². The smallest absolute Gasteiger partial charge is 0.124 e. The second kappa shape index (κ2) is 10.7. The molecule has 5 rings (SSSR count). The molecule has 178 valence electrons. The number of fused-ring (bicyclic) bond motifs is 2. The van der Waals surface area contributed by atoms with Gasteiger partial charge in [0.25, 0.3) is 0 Å². The van der Waals surface area contributed by atoms with E-state index in [4.69, 9.17) is 9.47 Å². The van der Waals surface area contributed by atoms with Crippen molar-refractivity contribution in [2.45, 2.75) is 57.5 Å². The summed E-state index contributed by atoms with van der Waals surface area (Å²) >= 11 is 3.92. The number of thioether (sulfide) groups is 2. The first-order valence-corrected chi connectivity index (χ1v) is 14.6. The molecule has 1 unspecified atom stereocenters. The van der Waals surface area contributed by atoms with Crippen LogP contribution in [0.4, 0.5) is 0 Å². The third kappa shape index (κ3) is 4.99. The van der Waals surface area contributed by atoms with Gasteiger partial charge in [0.05, 0.1) is 6.61 Å². The van der Waals surface area contributed by atoms with Crippen molar-refractivity contribution in [2.24, 2.45) is 0 Å². The van der Waals surface area contributed by atoms with E-state index in [9.17, 15) is 0 Å². The highest BCUT2D eigenvalue weighted by molar-refractivity contribution is 7.99. The molecule has 0 amide bonds. The molecule has 0 N–H and O–H groups in total. The molecule has 0 aromatic heterocycles. The second-order valence-electron chi connectivity index (χ2n) is 9.22. The van der Waals surface area contributed by atoms with Crippen LogP contribution >= 0.6 is 23.5 Å². The summed E-state index contributed by atoms with van der Waals surface area (Å²) in [5.74, 6) is 5.52.